The highest BCUT2D eigenvalue weighted by atomic mass is 35.5. The maximum Gasteiger partial charge on any atom is 0.242 e. The molecule has 19 heavy (non-hydrogen) atoms. The van der Waals surface area contributed by atoms with E-state index in [1.165, 1.54) is 11.8 Å². The molecule has 0 aliphatic carbocycles. The van der Waals surface area contributed by atoms with Crippen LogP contribution in [-0.2, 0) is 11.3 Å². The van der Waals surface area contributed by atoms with Crippen LogP contribution in [0.25, 0.3) is 0 Å². The van der Waals surface area contributed by atoms with Gasteiger partial charge in [0, 0.05) is 18.9 Å². The molecular weight excluding hydrogens is 295 g/mol. The molecule has 0 saturated heterocycles. The number of halogens is 2. The minimum absolute atomic E-state index is 0. The minimum Gasteiger partial charge on any atom is -0.395 e. The van der Waals surface area contributed by atoms with Gasteiger partial charge >= 0.3 is 0 Å². The Hall–Kier alpha value is -0.860. The summed E-state index contributed by atoms with van der Waals surface area (Å²) >= 11 is 0. The van der Waals surface area contributed by atoms with E-state index in [1.54, 1.807) is 12.4 Å². The van der Waals surface area contributed by atoms with Gasteiger partial charge in [-0.2, -0.15) is 0 Å². The fourth-order valence-corrected chi connectivity index (χ4v) is 1.37. The number of hydrogen-bond donors (Lipinski definition) is 4. The van der Waals surface area contributed by atoms with Crippen molar-refractivity contribution in [3.63, 3.8) is 0 Å². The van der Waals surface area contributed by atoms with E-state index in [4.69, 9.17) is 10.8 Å². The van der Waals surface area contributed by atoms with Crippen molar-refractivity contribution in [3.05, 3.63) is 18.2 Å². The summed E-state index contributed by atoms with van der Waals surface area (Å²) in [4.78, 5) is 20.1. The lowest BCUT2D eigenvalue weighted by atomic mass is 10.1. The quantitative estimate of drug-likeness (QED) is 0.553. The molecule has 0 saturated carbocycles. The average molecular weight is 315 g/mol. The fraction of sp³-hybridized carbons (Fsp3) is 0.600. The highest BCUT2D eigenvalue weighted by Gasteiger charge is 2.24. The molecule has 5 N–H and O–H groups in total. The first-order chi connectivity index (χ1) is 8.06. The number of rotatable bonds is 6. The van der Waals surface area contributed by atoms with Gasteiger partial charge in [0.1, 0.15) is 11.9 Å². The Morgan fingerprint density at radius 1 is 1.58 bits per heavy atom. The van der Waals surface area contributed by atoms with E-state index in [2.05, 4.69) is 9.97 Å². The molecule has 112 valence electrons. The number of carbonyl (C=O) groups excluding carboxylic acids is 1. The third-order valence-corrected chi connectivity index (χ3v) is 2.38. The average Bonchev–Trinajstić information content (AvgIpc) is 2.79. The van der Waals surface area contributed by atoms with Gasteiger partial charge in [-0.25, -0.2) is 4.98 Å². The van der Waals surface area contributed by atoms with Gasteiger partial charge in [-0.3, -0.25) is 4.79 Å². The van der Waals surface area contributed by atoms with E-state index in [9.17, 15) is 9.90 Å². The standard InChI is InChI=1S/C10H18N4O3.2ClH/c1-7(16)9(11)10(17)14(4-5-15)6-8-12-2-3-13-8;;/h2-3,7,9,15-16H,4-6,11H2,1H3,(H,12,13);2*1H/t7-,9+;;/m0../s1. The SMILES string of the molecule is C[C@H](O)[C@@H](N)C(=O)N(CCO)Cc1ncc[nH]1.Cl.Cl. The number of amides is 1. The van der Waals surface area contributed by atoms with Gasteiger partial charge in [0.15, 0.2) is 0 Å². The van der Waals surface area contributed by atoms with Crippen LogP contribution in [0.2, 0.25) is 0 Å². The molecule has 1 aromatic rings. The first-order valence-electron chi connectivity index (χ1n) is 5.37. The highest BCUT2D eigenvalue weighted by Crippen LogP contribution is 2.03. The molecule has 1 amide bonds. The van der Waals surface area contributed by atoms with Gasteiger partial charge in [0.2, 0.25) is 5.91 Å². The smallest absolute Gasteiger partial charge is 0.242 e. The predicted molar refractivity (Wildman–Crippen MR) is 75.2 cm³/mol. The van der Waals surface area contributed by atoms with Crippen molar-refractivity contribution in [2.24, 2.45) is 5.73 Å². The summed E-state index contributed by atoms with van der Waals surface area (Å²) < 4.78 is 0. The number of nitrogens with two attached hydrogens (primary N) is 1. The lowest BCUT2D eigenvalue weighted by Gasteiger charge is -2.25. The van der Waals surface area contributed by atoms with Crippen LogP contribution in [0.15, 0.2) is 12.4 Å². The van der Waals surface area contributed by atoms with E-state index in [0.717, 1.165) is 0 Å². The van der Waals surface area contributed by atoms with Crippen molar-refractivity contribution in [2.45, 2.75) is 25.6 Å². The molecule has 1 rings (SSSR count). The van der Waals surface area contributed by atoms with Gasteiger partial charge in [-0.1, -0.05) is 0 Å². The molecule has 0 aliphatic heterocycles. The number of aliphatic hydroxyl groups is 2. The normalized spacial score (nSPS) is 12.8. The molecule has 9 heteroatoms. The zero-order valence-corrected chi connectivity index (χ0v) is 12.2. The van der Waals surface area contributed by atoms with Crippen molar-refractivity contribution < 1.29 is 15.0 Å². The lowest BCUT2D eigenvalue weighted by Crippen LogP contribution is -2.49. The second-order valence-corrected chi connectivity index (χ2v) is 3.79. The number of hydrogen-bond acceptors (Lipinski definition) is 5. The third-order valence-electron chi connectivity index (χ3n) is 2.38. The van der Waals surface area contributed by atoms with Gasteiger partial charge in [-0.15, -0.1) is 24.8 Å². The predicted octanol–water partition coefficient (Wildman–Crippen LogP) is -0.718. The number of aliphatic hydroxyl groups excluding tert-OH is 2. The third kappa shape index (κ3) is 6.22. The van der Waals surface area contributed by atoms with Crippen molar-refractivity contribution >= 4 is 30.7 Å². The Labute approximate surface area is 124 Å². The second-order valence-electron chi connectivity index (χ2n) is 3.79. The molecule has 0 fully saturated rings. The van der Waals surface area contributed by atoms with E-state index in [1.807, 2.05) is 0 Å². The molecule has 0 spiro atoms. The van der Waals surface area contributed by atoms with Crippen LogP contribution in [0.3, 0.4) is 0 Å². The van der Waals surface area contributed by atoms with E-state index in [0.29, 0.717) is 5.82 Å². The Morgan fingerprint density at radius 2 is 2.21 bits per heavy atom. The maximum atomic E-state index is 11.9. The Morgan fingerprint density at radius 3 is 2.63 bits per heavy atom. The van der Waals surface area contributed by atoms with Crippen LogP contribution >= 0.6 is 24.8 Å². The van der Waals surface area contributed by atoms with E-state index < -0.39 is 18.1 Å². The Kier molecular flexibility index (Phi) is 10.8. The minimum atomic E-state index is -0.989. The van der Waals surface area contributed by atoms with Crippen LogP contribution in [0.4, 0.5) is 0 Å². The molecule has 2 atom stereocenters. The number of nitrogens with one attached hydrogen (secondary N) is 1. The number of nitrogens with zero attached hydrogens (tertiary/aromatic N) is 2. The van der Waals surface area contributed by atoms with Crippen LogP contribution in [0.5, 0.6) is 0 Å². The van der Waals surface area contributed by atoms with Crippen molar-refractivity contribution in [1.82, 2.24) is 14.9 Å². The first kappa shape index (κ1) is 20.5. The van der Waals surface area contributed by atoms with E-state index >= 15 is 0 Å². The molecule has 1 aromatic heterocycles. The summed E-state index contributed by atoms with van der Waals surface area (Å²) in [7, 11) is 0. The highest BCUT2D eigenvalue weighted by molar-refractivity contribution is 5.85. The number of carbonyl (C=O) groups is 1. The fourth-order valence-electron chi connectivity index (χ4n) is 1.37. The molecule has 1 heterocycles. The summed E-state index contributed by atoms with van der Waals surface area (Å²) in [6.07, 6.45) is 2.29. The molecule has 0 aliphatic rings. The van der Waals surface area contributed by atoms with Gasteiger partial charge in [-0.05, 0) is 6.92 Å². The van der Waals surface area contributed by atoms with Crippen LogP contribution in [0, 0.1) is 0 Å². The topological polar surface area (TPSA) is 115 Å². The first-order valence-corrected chi connectivity index (χ1v) is 5.37. The molecule has 7 nitrogen and oxygen atoms in total. The monoisotopic (exact) mass is 314 g/mol. The van der Waals surface area contributed by atoms with Crippen molar-refractivity contribution in [1.29, 1.82) is 0 Å². The number of imidazole rings is 1. The summed E-state index contributed by atoms with van der Waals surface area (Å²) in [5.41, 5.74) is 5.57. The van der Waals surface area contributed by atoms with Crippen molar-refractivity contribution in [2.75, 3.05) is 13.2 Å². The molecule has 0 radical (unpaired) electrons. The second kappa shape index (κ2) is 9.99. The maximum absolute atomic E-state index is 11.9. The largest absolute Gasteiger partial charge is 0.395 e. The summed E-state index contributed by atoms with van der Waals surface area (Å²) in [5.74, 6) is 0.190. The van der Waals surface area contributed by atoms with Crippen LogP contribution < -0.4 is 5.73 Å². The molecule has 0 unspecified atom stereocenters. The zero-order chi connectivity index (χ0) is 12.8. The lowest BCUT2D eigenvalue weighted by molar-refractivity contribution is -0.136. The van der Waals surface area contributed by atoms with Gasteiger partial charge in [0.25, 0.3) is 0 Å². The molecular formula is C10H20Cl2N4O3. The summed E-state index contributed by atoms with van der Waals surface area (Å²) in [6.45, 7) is 1.67. The summed E-state index contributed by atoms with van der Waals surface area (Å²) in [6, 6.07) is -0.989. The Balaban J connectivity index is 0. The van der Waals surface area contributed by atoms with Crippen LogP contribution in [-0.4, -0.2) is 56.3 Å². The number of H-pyrrole nitrogens is 1. The van der Waals surface area contributed by atoms with Gasteiger partial charge < -0.3 is 25.8 Å². The van der Waals surface area contributed by atoms with Gasteiger partial charge in [0.05, 0.1) is 19.3 Å². The number of aromatic amines is 1. The Bertz CT molecular complexity index is 349. The molecule has 0 aromatic carbocycles. The summed E-state index contributed by atoms with van der Waals surface area (Å²) in [5, 5.41) is 18.2. The van der Waals surface area contributed by atoms with E-state index in [-0.39, 0.29) is 44.5 Å². The van der Waals surface area contributed by atoms with Crippen LogP contribution in [0.1, 0.15) is 12.7 Å². The number of aromatic nitrogens is 2. The van der Waals surface area contributed by atoms with Crippen molar-refractivity contribution in [3.8, 4) is 0 Å². The molecule has 0 bridgehead atoms. The zero-order valence-electron chi connectivity index (χ0n) is 10.5.